The molecular formula is C19H14F4OS2. The minimum atomic E-state index is -3.26. The van der Waals surface area contributed by atoms with Gasteiger partial charge in [0.25, 0.3) is 0 Å². The van der Waals surface area contributed by atoms with Crippen LogP contribution in [0.1, 0.15) is 15.9 Å². The summed E-state index contributed by atoms with van der Waals surface area (Å²) < 4.78 is 54.6. The van der Waals surface area contributed by atoms with E-state index in [0.717, 1.165) is 0 Å². The number of halogens is 4. The summed E-state index contributed by atoms with van der Waals surface area (Å²) in [4.78, 5) is 12.9. The highest BCUT2D eigenvalue weighted by Gasteiger charge is 2.31. The first-order valence-corrected chi connectivity index (χ1v) is 8.96. The fourth-order valence-electron chi connectivity index (χ4n) is 2.01. The van der Waals surface area contributed by atoms with Gasteiger partial charge in [0.15, 0.2) is 5.78 Å². The summed E-state index contributed by atoms with van der Waals surface area (Å²) in [6.45, 7) is 6.15. The minimum Gasteiger partial charge on any atom is -0.289 e. The molecule has 0 unspecified atom stereocenters. The van der Waals surface area contributed by atoms with Crippen molar-refractivity contribution in [3.8, 4) is 0 Å². The van der Waals surface area contributed by atoms with Crippen LogP contribution in [0.2, 0.25) is 0 Å². The zero-order chi connectivity index (χ0) is 19.4. The molecule has 0 N–H and O–H groups in total. The maximum absolute atomic E-state index is 13.7. The van der Waals surface area contributed by atoms with Crippen LogP contribution in [0.3, 0.4) is 0 Å². The van der Waals surface area contributed by atoms with Crippen molar-refractivity contribution >= 4 is 29.3 Å². The van der Waals surface area contributed by atoms with E-state index in [1.54, 1.807) is 0 Å². The third kappa shape index (κ3) is 5.02. The van der Waals surface area contributed by atoms with Crippen LogP contribution in [0, 0.1) is 0 Å². The van der Waals surface area contributed by atoms with E-state index in [9.17, 15) is 22.4 Å². The predicted octanol–water partition coefficient (Wildman–Crippen LogP) is 6.66. The van der Waals surface area contributed by atoms with E-state index >= 15 is 0 Å². The van der Waals surface area contributed by atoms with Crippen molar-refractivity contribution < 1.29 is 22.4 Å². The molecule has 1 nitrogen and oxygen atoms in total. The molecule has 0 radical (unpaired) electrons. The normalized spacial score (nSPS) is 11.8. The number of carbonyl (C=O) groups is 1. The Bertz CT molecular complexity index is 766. The lowest BCUT2D eigenvalue weighted by atomic mass is 10.0. The van der Waals surface area contributed by atoms with Crippen molar-refractivity contribution in [1.82, 2.24) is 0 Å². The fraction of sp³-hybridized carbons (Fsp3) is 0.105. The largest absolute Gasteiger partial charge is 0.316 e. The second-order valence-electron chi connectivity index (χ2n) is 5.06. The molecule has 0 bridgehead atoms. The summed E-state index contributed by atoms with van der Waals surface area (Å²) in [5, 5.41) is -6.53. The molecule has 0 saturated heterocycles. The summed E-state index contributed by atoms with van der Waals surface area (Å²) in [5.74, 6) is -0.615. The molecule has 0 atom stereocenters. The Hall–Kier alpha value is -1.99. The van der Waals surface area contributed by atoms with Gasteiger partial charge < -0.3 is 0 Å². The van der Waals surface area contributed by atoms with Gasteiger partial charge in [-0.15, -0.1) is 0 Å². The SMILES string of the molecule is C=CC(F)(F)Sc1ccccc1C(=O)c1ccccc1SC(F)(F)C=C. The minimum absolute atomic E-state index is 0.00833. The number of rotatable bonds is 8. The third-order valence-electron chi connectivity index (χ3n) is 3.23. The second kappa shape index (κ2) is 8.14. The zero-order valence-corrected chi connectivity index (χ0v) is 15.1. The maximum atomic E-state index is 13.7. The van der Waals surface area contributed by atoms with Crippen molar-refractivity contribution in [1.29, 1.82) is 0 Å². The smallest absolute Gasteiger partial charge is 0.289 e. The molecule has 2 aromatic carbocycles. The predicted molar refractivity (Wildman–Crippen MR) is 98.3 cm³/mol. The molecule has 0 fully saturated rings. The summed E-state index contributed by atoms with van der Waals surface area (Å²) >= 11 is 0.351. The van der Waals surface area contributed by atoms with Gasteiger partial charge in [-0.2, -0.15) is 17.6 Å². The van der Waals surface area contributed by atoms with Gasteiger partial charge in [0, 0.05) is 20.9 Å². The molecule has 0 aliphatic heterocycles. The molecule has 2 rings (SSSR count). The lowest BCUT2D eigenvalue weighted by Gasteiger charge is -2.16. The molecule has 0 aliphatic rings. The van der Waals surface area contributed by atoms with E-state index in [2.05, 4.69) is 13.2 Å². The first-order valence-electron chi connectivity index (χ1n) is 7.33. The lowest BCUT2D eigenvalue weighted by molar-refractivity contribution is 0.103. The van der Waals surface area contributed by atoms with Gasteiger partial charge in [0.1, 0.15) is 0 Å². The van der Waals surface area contributed by atoms with Crippen molar-refractivity contribution in [2.75, 3.05) is 0 Å². The van der Waals surface area contributed by atoms with E-state index < -0.39 is 16.3 Å². The highest BCUT2D eigenvalue weighted by molar-refractivity contribution is 8.00. The summed E-state index contributed by atoms with van der Waals surface area (Å²) in [6.07, 6.45) is 0.959. The van der Waals surface area contributed by atoms with E-state index in [1.807, 2.05) is 0 Å². The molecule has 136 valence electrons. The molecule has 0 amide bonds. The van der Waals surface area contributed by atoms with Crippen molar-refractivity contribution in [3.05, 3.63) is 85.0 Å². The van der Waals surface area contributed by atoms with Crippen molar-refractivity contribution in [2.24, 2.45) is 0 Å². The Morgan fingerprint density at radius 2 is 1.12 bits per heavy atom. The molecule has 26 heavy (non-hydrogen) atoms. The summed E-state index contributed by atoms with van der Waals surface area (Å²) in [5.41, 5.74) is 0.0167. The quantitative estimate of drug-likeness (QED) is 0.214. The number of benzene rings is 2. The molecule has 0 aliphatic carbocycles. The highest BCUT2D eigenvalue weighted by atomic mass is 32.2. The van der Waals surface area contributed by atoms with E-state index in [0.29, 0.717) is 12.2 Å². The highest BCUT2D eigenvalue weighted by Crippen LogP contribution is 2.41. The molecule has 0 spiro atoms. The summed E-state index contributed by atoms with van der Waals surface area (Å²) in [7, 11) is 0. The zero-order valence-electron chi connectivity index (χ0n) is 13.4. The van der Waals surface area contributed by atoms with E-state index in [-0.39, 0.29) is 44.4 Å². The molecule has 0 aromatic heterocycles. The van der Waals surface area contributed by atoms with Crippen LogP contribution >= 0.6 is 23.5 Å². The lowest BCUT2D eigenvalue weighted by Crippen LogP contribution is -2.11. The number of hydrogen-bond donors (Lipinski definition) is 0. The van der Waals surface area contributed by atoms with E-state index in [4.69, 9.17) is 0 Å². The molecule has 7 heteroatoms. The number of ketones is 1. The fourth-order valence-corrected chi connectivity index (χ4v) is 3.60. The van der Waals surface area contributed by atoms with Crippen LogP contribution in [-0.4, -0.2) is 16.3 Å². The first kappa shape index (κ1) is 20.3. The Kier molecular flexibility index (Phi) is 6.36. The molecular weight excluding hydrogens is 384 g/mol. The molecule has 0 heterocycles. The van der Waals surface area contributed by atoms with Gasteiger partial charge in [0.2, 0.25) is 0 Å². The van der Waals surface area contributed by atoms with Gasteiger partial charge in [-0.25, -0.2) is 0 Å². The Labute approximate surface area is 157 Å². The number of alkyl halides is 4. The Morgan fingerprint density at radius 1 is 0.769 bits per heavy atom. The van der Waals surface area contributed by atoms with Gasteiger partial charge in [0.05, 0.1) is 0 Å². The third-order valence-corrected chi connectivity index (χ3v) is 5.26. The maximum Gasteiger partial charge on any atom is 0.316 e. The van der Waals surface area contributed by atoms with Crippen LogP contribution in [0.25, 0.3) is 0 Å². The van der Waals surface area contributed by atoms with Crippen LogP contribution in [0.15, 0.2) is 83.6 Å². The average molecular weight is 398 g/mol. The second-order valence-corrected chi connectivity index (χ2v) is 7.43. The topological polar surface area (TPSA) is 17.1 Å². The monoisotopic (exact) mass is 398 g/mol. The van der Waals surface area contributed by atoms with Gasteiger partial charge in [-0.1, -0.05) is 37.4 Å². The standard InChI is InChI=1S/C19H14F4OS2/c1-3-18(20,21)25-15-11-7-5-9-13(15)17(24)14-10-6-8-12-16(14)26-19(22,23)4-2/h3-12H,1-2H2. The average Bonchev–Trinajstić information content (AvgIpc) is 2.61. The number of thioether (sulfide) groups is 2. The number of carbonyl (C=O) groups excluding carboxylic acids is 1. The molecule has 2 aromatic rings. The van der Waals surface area contributed by atoms with Crippen molar-refractivity contribution in [3.63, 3.8) is 0 Å². The van der Waals surface area contributed by atoms with Gasteiger partial charge in [-0.05, 0) is 59.9 Å². The summed E-state index contributed by atoms with van der Waals surface area (Å²) in [6, 6.07) is 11.6. The van der Waals surface area contributed by atoms with Crippen LogP contribution < -0.4 is 0 Å². The van der Waals surface area contributed by atoms with Gasteiger partial charge >= 0.3 is 10.5 Å². The number of hydrogen-bond acceptors (Lipinski definition) is 3. The van der Waals surface area contributed by atoms with Gasteiger partial charge in [-0.3, -0.25) is 4.79 Å². The Balaban J connectivity index is 2.45. The Morgan fingerprint density at radius 3 is 1.46 bits per heavy atom. The van der Waals surface area contributed by atoms with Crippen LogP contribution in [-0.2, 0) is 0 Å². The van der Waals surface area contributed by atoms with Crippen LogP contribution in [0.4, 0.5) is 17.6 Å². The van der Waals surface area contributed by atoms with E-state index in [1.165, 1.54) is 48.5 Å². The van der Waals surface area contributed by atoms with Crippen molar-refractivity contribution in [2.45, 2.75) is 20.3 Å². The van der Waals surface area contributed by atoms with Crippen LogP contribution in [0.5, 0.6) is 0 Å². The first-order chi connectivity index (χ1) is 12.2. The molecule has 0 saturated carbocycles.